The minimum absolute atomic E-state index is 0.00901. The molecule has 0 aromatic heterocycles. The monoisotopic (exact) mass is 694 g/mol. The smallest absolute Gasteiger partial charge is 0.306 e. The summed E-state index contributed by atoms with van der Waals surface area (Å²) in [6.07, 6.45) is 39.2. The van der Waals surface area contributed by atoms with Crippen molar-refractivity contribution in [3.63, 3.8) is 0 Å². The van der Waals surface area contributed by atoms with Crippen LogP contribution in [0.5, 0.6) is 0 Å². The highest BCUT2D eigenvalue weighted by atomic mass is 16.5. The summed E-state index contributed by atoms with van der Waals surface area (Å²) in [5.74, 6) is 0.799. The molecule has 0 aliphatic heterocycles. The maximum Gasteiger partial charge on any atom is 0.306 e. The Bertz CT molecular complexity index is 672. The molecular formula is C44H87NO4. The summed E-state index contributed by atoms with van der Waals surface area (Å²) < 4.78 is 11.5. The summed E-state index contributed by atoms with van der Waals surface area (Å²) in [7, 11) is 0. The Morgan fingerprint density at radius 1 is 0.429 bits per heavy atom. The van der Waals surface area contributed by atoms with Gasteiger partial charge in [0.15, 0.2) is 0 Å². The summed E-state index contributed by atoms with van der Waals surface area (Å²) in [4.78, 5) is 24.8. The molecule has 0 heterocycles. The Labute approximate surface area is 307 Å². The predicted molar refractivity (Wildman–Crippen MR) is 212 cm³/mol. The Hall–Kier alpha value is -1.10. The third-order valence-electron chi connectivity index (χ3n) is 10.2. The first-order chi connectivity index (χ1) is 24.1. The fourth-order valence-corrected chi connectivity index (χ4v) is 6.93. The number of carbonyl (C=O) groups excluding carboxylic acids is 2. The third-order valence-corrected chi connectivity index (χ3v) is 10.2. The van der Waals surface area contributed by atoms with E-state index in [9.17, 15) is 9.59 Å². The number of hydrogen-bond donors (Lipinski definition) is 1. The summed E-state index contributed by atoms with van der Waals surface area (Å²) >= 11 is 0. The normalized spacial score (nSPS) is 12.1. The maximum absolute atomic E-state index is 12.6. The van der Waals surface area contributed by atoms with E-state index in [0.29, 0.717) is 19.4 Å². The van der Waals surface area contributed by atoms with Crippen molar-refractivity contribution in [2.75, 3.05) is 19.7 Å². The van der Waals surface area contributed by atoms with Crippen LogP contribution in [-0.4, -0.2) is 37.7 Å². The van der Waals surface area contributed by atoms with Crippen molar-refractivity contribution in [3.8, 4) is 0 Å². The SMILES string of the molecule is CCCCCCCCCC(CCCCCC)OC(=O)CCCCCNCCCCCC(=O)OCCCC(CCCCCC)CCCCCC. The molecule has 1 atom stereocenters. The number of nitrogens with one attached hydrogen (secondary N) is 1. The van der Waals surface area contributed by atoms with E-state index in [1.165, 1.54) is 141 Å². The van der Waals surface area contributed by atoms with Crippen molar-refractivity contribution in [2.45, 2.75) is 246 Å². The van der Waals surface area contributed by atoms with Crippen molar-refractivity contribution >= 4 is 11.9 Å². The van der Waals surface area contributed by atoms with Crippen LogP contribution in [0.4, 0.5) is 0 Å². The fourth-order valence-electron chi connectivity index (χ4n) is 6.93. The van der Waals surface area contributed by atoms with Crippen molar-refractivity contribution in [3.05, 3.63) is 0 Å². The van der Waals surface area contributed by atoms with Crippen LogP contribution in [0, 0.1) is 5.92 Å². The first kappa shape index (κ1) is 47.9. The number of esters is 2. The summed E-state index contributed by atoms with van der Waals surface area (Å²) in [6, 6.07) is 0. The standard InChI is InChI=1S/C44H87NO4/c1-5-9-13-17-18-19-25-35-42(34-24-16-12-8-4)49-44(47)37-27-21-29-39-45-38-28-20-26-36-43(46)48-40-30-33-41(31-22-14-10-6-2)32-23-15-11-7-3/h41-42,45H,5-40H2,1-4H3. The van der Waals surface area contributed by atoms with Gasteiger partial charge in [0.2, 0.25) is 0 Å². The number of unbranched alkanes of at least 4 members (excludes halogenated alkanes) is 19. The van der Waals surface area contributed by atoms with E-state index < -0.39 is 0 Å². The molecule has 1 N–H and O–H groups in total. The van der Waals surface area contributed by atoms with Crippen LogP contribution >= 0.6 is 0 Å². The van der Waals surface area contributed by atoms with Crippen LogP contribution in [0.3, 0.4) is 0 Å². The van der Waals surface area contributed by atoms with Crippen molar-refractivity contribution in [1.82, 2.24) is 5.32 Å². The van der Waals surface area contributed by atoms with Crippen LogP contribution in [-0.2, 0) is 19.1 Å². The van der Waals surface area contributed by atoms with Gasteiger partial charge in [-0.05, 0) is 83.2 Å². The van der Waals surface area contributed by atoms with E-state index in [1.807, 2.05) is 0 Å². The minimum Gasteiger partial charge on any atom is -0.466 e. The van der Waals surface area contributed by atoms with E-state index in [4.69, 9.17) is 9.47 Å². The topological polar surface area (TPSA) is 64.6 Å². The van der Waals surface area contributed by atoms with Crippen LogP contribution in [0.25, 0.3) is 0 Å². The van der Waals surface area contributed by atoms with Crippen molar-refractivity contribution < 1.29 is 19.1 Å². The van der Waals surface area contributed by atoms with Crippen LogP contribution in [0.2, 0.25) is 0 Å². The van der Waals surface area contributed by atoms with E-state index in [1.54, 1.807) is 0 Å². The van der Waals surface area contributed by atoms with Gasteiger partial charge in [0, 0.05) is 12.8 Å². The third kappa shape index (κ3) is 36.5. The molecule has 0 radical (unpaired) electrons. The first-order valence-corrected chi connectivity index (χ1v) is 22.1. The Kier molecular flexibility index (Phi) is 38.8. The van der Waals surface area contributed by atoms with E-state index in [0.717, 1.165) is 76.8 Å². The molecule has 5 nitrogen and oxygen atoms in total. The highest BCUT2D eigenvalue weighted by Crippen LogP contribution is 2.23. The molecule has 292 valence electrons. The molecule has 0 aromatic carbocycles. The fraction of sp³-hybridized carbons (Fsp3) is 0.955. The Morgan fingerprint density at radius 2 is 0.816 bits per heavy atom. The van der Waals surface area contributed by atoms with E-state index >= 15 is 0 Å². The van der Waals surface area contributed by atoms with Gasteiger partial charge >= 0.3 is 11.9 Å². The lowest BCUT2D eigenvalue weighted by Gasteiger charge is -2.18. The molecule has 0 bridgehead atoms. The zero-order valence-electron chi connectivity index (χ0n) is 33.7. The lowest BCUT2D eigenvalue weighted by Crippen LogP contribution is -2.19. The highest BCUT2D eigenvalue weighted by Gasteiger charge is 2.14. The molecule has 0 amide bonds. The number of ether oxygens (including phenoxy) is 2. The van der Waals surface area contributed by atoms with Gasteiger partial charge in [-0.15, -0.1) is 0 Å². The molecule has 0 saturated heterocycles. The van der Waals surface area contributed by atoms with Gasteiger partial charge < -0.3 is 14.8 Å². The summed E-state index contributed by atoms with van der Waals surface area (Å²) in [6.45, 7) is 11.7. The van der Waals surface area contributed by atoms with Crippen LogP contribution in [0.15, 0.2) is 0 Å². The quantitative estimate of drug-likeness (QED) is 0.0511. The molecule has 5 heteroatoms. The second-order valence-electron chi connectivity index (χ2n) is 15.2. The van der Waals surface area contributed by atoms with Crippen LogP contribution < -0.4 is 5.32 Å². The van der Waals surface area contributed by atoms with Gasteiger partial charge in [0.25, 0.3) is 0 Å². The maximum atomic E-state index is 12.6. The molecule has 0 rings (SSSR count). The van der Waals surface area contributed by atoms with Crippen LogP contribution in [0.1, 0.15) is 240 Å². The minimum atomic E-state index is -0.0189. The van der Waals surface area contributed by atoms with Gasteiger partial charge in [-0.2, -0.15) is 0 Å². The Balaban J connectivity index is 3.85. The zero-order chi connectivity index (χ0) is 35.9. The predicted octanol–water partition coefficient (Wildman–Crippen LogP) is 13.6. The van der Waals surface area contributed by atoms with Gasteiger partial charge in [-0.1, -0.05) is 163 Å². The molecule has 1 unspecified atom stereocenters. The lowest BCUT2D eigenvalue weighted by molar-refractivity contribution is -0.150. The number of carbonyl (C=O) groups is 2. The van der Waals surface area contributed by atoms with Gasteiger partial charge in [0.05, 0.1) is 6.61 Å². The zero-order valence-corrected chi connectivity index (χ0v) is 33.7. The number of rotatable bonds is 40. The average molecular weight is 694 g/mol. The number of hydrogen-bond acceptors (Lipinski definition) is 5. The van der Waals surface area contributed by atoms with E-state index in [2.05, 4.69) is 33.0 Å². The highest BCUT2D eigenvalue weighted by molar-refractivity contribution is 5.69. The molecule has 0 fully saturated rings. The van der Waals surface area contributed by atoms with Crippen molar-refractivity contribution in [2.24, 2.45) is 5.92 Å². The first-order valence-electron chi connectivity index (χ1n) is 22.1. The molecule has 0 spiro atoms. The molecular weight excluding hydrogens is 606 g/mol. The summed E-state index contributed by atoms with van der Waals surface area (Å²) in [5, 5.41) is 3.53. The molecule has 0 aliphatic rings. The van der Waals surface area contributed by atoms with Gasteiger partial charge in [-0.3, -0.25) is 9.59 Å². The van der Waals surface area contributed by atoms with Gasteiger partial charge in [0.1, 0.15) is 6.10 Å². The van der Waals surface area contributed by atoms with Gasteiger partial charge in [-0.25, -0.2) is 0 Å². The largest absolute Gasteiger partial charge is 0.466 e. The Morgan fingerprint density at radius 3 is 1.33 bits per heavy atom. The molecule has 0 aliphatic carbocycles. The second kappa shape index (κ2) is 39.7. The van der Waals surface area contributed by atoms with E-state index in [-0.39, 0.29) is 18.0 Å². The van der Waals surface area contributed by atoms with Crippen molar-refractivity contribution in [1.29, 1.82) is 0 Å². The lowest BCUT2D eigenvalue weighted by atomic mass is 9.91. The molecule has 49 heavy (non-hydrogen) atoms. The second-order valence-corrected chi connectivity index (χ2v) is 15.2. The molecule has 0 saturated carbocycles. The molecule has 0 aromatic rings. The average Bonchev–Trinajstić information content (AvgIpc) is 3.10. The summed E-state index contributed by atoms with van der Waals surface area (Å²) in [5.41, 5.74) is 0.